The molecule has 14 heavy (non-hydrogen) atoms. The van der Waals surface area contributed by atoms with Crippen molar-refractivity contribution in [1.82, 2.24) is 0 Å². The van der Waals surface area contributed by atoms with Crippen LogP contribution in [0, 0.1) is 12.3 Å². The quantitative estimate of drug-likeness (QED) is 0.336. The summed E-state index contributed by atoms with van der Waals surface area (Å²) < 4.78 is 0. The summed E-state index contributed by atoms with van der Waals surface area (Å²) in [6, 6.07) is 0. The number of allylic oxidation sites excluding steroid dienone is 6. The first-order valence-electron chi connectivity index (χ1n) is 4.51. The van der Waals surface area contributed by atoms with Crippen LogP contribution >= 0.6 is 0 Å². The topological polar surface area (TPSA) is 0 Å². The average Bonchev–Trinajstić information content (AvgIpc) is 2.04. The molecule has 70 valence electrons. The molecule has 0 saturated heterocycles. The molecule has 0 heterocycles. The van der Waals surface area contributed by atoms with E-state index in [0.29, 0.717) is 0 Å². The zero-order chi connectivity index (χ0) is 10.1. The first-order valence-corrected chi connectivity index (χ1v) is 4.51. The van der Waals surface area contributed by atoms with Gasteiger partial charge in [0.25, 0.3) is 0 Å². The molecule has 1 heteroatoms. The van der Waals surface area contributed by atoms with Gasteiger partial charge in [-0.3, -0.25) is 0 Å². The smallest absolute Gasteiger partial charge is 0.329 e. The summed E-state index contributed by atoms with van der Waals surface area (Å²) >= 11 is 0. The van der Waals surface area contributed by atoms with Crippen LogP contribution in [0.3, 0.4) is 0 Å². The third kappa shape index (κ3) is 2.77. The van der Waals surface area contributed by atoms with Crippen LogP contribution in [-0.4, -0.2) is 0 Å². The van der Waals surface area contributed by atoms with Gasteiger partial charge in [0.15, 0.2) is 0 Å². The molecule has 1 aliphatic rings. The molecule has 1 atom stereocenters. The predicted octanol–water partition coefficient (Wildman–Crippen LogP) is 0.849. The molecule has 0 spiro atoms. The van der Waals surface area contributed by atoms with Gasteiger partial charge >= 0.3 is 18.9 Å². The second kappa shape index (κ2) is 4.87. The molecule has 0 aromatic heterocycles. The summed E-state index contributed by atoms with van der Waals surface area (Å²) in [5.74, 6) is 0. The van der Waals surface area contributed by atoms with Crippen molar-refractivity contribution in [1.29, 1.82) is 0 Å². The minimum absolute atomic E-state index is 0. The Hall–Kier alpha value is -0.443. The van der Waals surface area contributed by atoms with Crippen LogP contribution in [0.15, 0.2) is 48.1 Å². The normalized spacial score (nSPS) is 24.9. The van der Waals surface area contributed by atoms with Gasteiger partial charge in [0, 0.05) is 0 Å². The van der Waals surface area contributed by atoms with Crippen LogP contribution in [0.2, 0.25) is 0 Å². The second-order valence-corrected chi connectivity index (χ2v) is 3.94. The average molecular weight is 180 g/mol. The van der Waals surface area contributed by atoms with Gasteiger partial charge in [-0.25, -0.2) is 0 Å². The molecule has 0 fully saturated rings. The standard InChI is InChI=1S/C13H17.Li/c1-10(2)12-7-6-8-13(5,9-12)11(3)4;/h6-8H,1,3,5,9H2,2,4H3;/q-1;+1. The van der Waals surface area contributed by atoms with Gasteiger partial charge in [0.1, 0.15) is 0 Å². The summed E-state index contributed by atoms with van der Waals surface area (Å²) in [6.45, 7) is 16.2. The largest absolute Gasteiger partial charge is 1.00 e. The zero-order valence-electron chi connectivity index (χ0n) is 9.56. The molecule has 1 unspecified atom stereocenters. The molecule has 0 bridgehead atoms. The molecule has 0 aromatic carbocycles. The van der Waals surface area contributed by atoms with E-state index < -0.39 is 0 Å². The Morgan fingerprint density at radius 3 is 2.43 bits per heavy atom. The Morgan fingerprint density at radius 2 is 2.00 bits per heavy atom. The van der Waals surface area contributed by atoms with Gasteiger partial charge in [-0.05, 0) is 25.8 Å². The minimum Gasteiger partial charge on any atom is -0.329 e. The minimum atomic E-state index is -0.122. The van der Waals surface area contributed by atoms with E-state index in [1.54, 1.807) is 0 Å². The summed E-state index contributed by atoms with van der Waals surface area (Å²) in [7, 11) is 0. The SMILES string of the molecule is C=C(C)C1=CC=CC([CH2-])(C(=C)C)C1.[Li+]. The van der Waals surface area contributed by atoms with Gasteiger partial charge in [-0.15, -0.1) is 23.6 Å². The third-order valence-corrected chi connectivity index (χ3v) is 2.62. The summed E-state index contributed by atoms with van der Waals surface area (Å²) in [6.07, 6.45) is 7.19. The molecule has 0 aromatic rings. The van der Waals surface area contributed by atoms with Crippen molar-refractivity contribution in [3.05, 3.63) is 55.0 Å². The van der Waals surface area contributed by atoms with Crippen molar-refractivity contribution in [3.63, 3.8) is 0 Å². The molecule has 1 rings (SSSR count). The van der Waals surface area contributed by atoms with Crippen LogP contribution in [0.25, 0.3) is 0 Å². The van der Waals surface area contributed by atoms with Crippen molar-refractivity contribution in [2.75, 3.05) is 0 Å². The van der Waals surface area contributed by atoms with Crippen LogP contribution in [-0.2, 0) is 0 Å². The summed E-state index contributed by atoms with van der Waals surface area (Å²) in [5, 5.41) is 0. The number of hydrogen-bond acceptors (Lipinski definition) is 0. The van der Waals surface area contributed by atoms with Crippen molar-refractivity contribution >= 4 is 0 Å². The van der Waals surface area contributed by atoms with E-state index in [1.807, 2.05) is 13.8 Å². The van der Waals surface area contributed by atoms with Gasteiger partial charge in [0.05, 0.1) is 0 Å². The fourth-order valence-corrected chi connectivity index (χ4v) is 1.39. The molecular weight excluding hydrogens is 163 g/mol. The first-order chi connectivity index (χ1) is 5.96. The molecule has 0 nitrogen and oxygen atoms in total. The predicted molar refractivity (Wildman–Crippen MR) is 59.3 cm³/mol. The van der Waals surface area contributed by atoms with Crippen LogP contribution in [0.5, 0.6) is 0 Å². The first kappa shape index (κ1) is 13.6. The van der Waals surface area contributed by atoms with Crippen LogP contribution < -0.4 is 18.9 Å². The monoisotopic (exact) mass is 180 g/mol. The fourth-order valence-electron chi connectivity index (χ4n) is 1.39. The number of rotatable bonds is 2. The van der Waals surface area contributed by atoms with Gasteiger partial charge < -0.3 is 6.92 Å². The molecule has 0 radical (unpaired) electrons. The molecule has 0 aliphatic heterocycles. The van der Waals surface area contributed by atoms with Crippen molar-refractivity contribution < 1.29 is 18.9 Å². The van der Waals surface area contributed by atoms with Crippen molar-refractivity contribution in [3.8, 4) is 0 Å². The summed E-state index contributed by atoms with van der Waals surface area (Å²) in [4.78, 5) is 0. The van der Waals surface area contributed by atoms with Crippen molar-refractivity contribution in [2.45, 2.75) is 20.3 Å². The van der Waals surface area contributed by atoms with E-state index in [2.05, 4.69) is 38.3 Å². The van der Waals surface area contributed by atoms with Gasteiger partial charge in [-0.2, -0.15) is 0 Å². The Kier molecular flexibility index (Phi) is 4.72. The zero-order valence-corrected chi connectivity index (χ0v) is 9.56. The van der Waals surface area contributed by atoms with Crippen molar-refractivity contribution in [2.24, 2.45) is 5.41 Å². The molecule has 0 saturated carbocycles. The Labute approximate surface area is 99.7 Å². The second-order valence-electron chi connectivity index (χ2n) is 3.94. The van der Waals surface area contributed by atoms with E-state index in [9.17, 15) is 0 Å². The van der Waals surface area contributed by atoms with Gasteiger partial charge in [-0.1, -0.05) is 24.3 Å². The van der Waals surface area contributed by atoms with E-state index in [1.165, 1.54) is 5.57 Å². The van der Waals surface area contributed by atoms with Gasteiger partial charge in [0.2, 0.25) is 0 Å². The third-order valence-electron chi connectivity index (χ3n) is 2.62. The van der Waals surface area contributed by atoms with E-state index >= 15 is 0 Å². The maximum atomic E-state index is 4.19. The molecule has 1 aliphatic carbocycles. The Balaban J connectivity index is 0.00000169. The molecular formula is C13H17Li. The van der Waals surface area contributed by atoms with Crippen LogP contribution in [0.4, 0.5) is 0 Å². The molecule has 0 N–H and O–H groups in total. The maximum absolute atomic E-state index is 4.19. The van der Waals surface area contributed by atoms with Crippen LogP contribution in [0.1, 0.15) is 20.3 Å². The number of hydrogen-bond donors (Lipinski definition) is 0. The van der Waals surface area contributed by atoms with E-state index in [0.717, 1.165) is 17.6 Å². The Bertz CT molecular complexity index is 307. The van der Waals surface area contributed by atoms with E-state index in [-0.39, 0.29) is 24.3 Å². The van der Waals surface area contributed by atoms with E-state index in [4.69, 9.17) is 0 Å². The molecule has 0 amide bonds. The summed E-state index contributed by atoms with van der Waals surface area (Å²) in [5.41, 5.74) is 3.39. The maximum Gasteiger partial charge on any atom is 1.00 e. The fraction of sp³-hybridized carbons (Fsp3) is 0.308. The Morgan fingerprint density at radius 1 is 1.43 bits per heavy atom.